The van der Waals surface area contributed by atoms with Gasteiger partial charge in [-0.15, -0.1) is 0 Å². The Hall–Kier alpha value is -1.39. The van der Waals surface area contributed by atoms with E-state index in [9.17, 15) is 9.90 Å². The van der Waals surface area contributed by atoms with Crippen LogP contribution in [0.1, 0.15) is 28.7 Å². The number of carboxylic acid groups (broad SMARTS) is 1. The molecule has 4 heteroatoms. The van der Waals surface area contributed by atoms with Gasteiger partial charge in [0.25, 0.3) is 0 Å². The Morgan fingerprint density at radius 2 is 1.89 bits per heavy atom. The van der Waals surface area contributed by atoms with Crippen molar-refractivity contribution in [3.05, 3.63) is 34.4 Å². The van der Waals surface area contributed by atoms with Gasteiger partial charge >= 0.3 is 5.97 Å². The van der Waals surface area contributed by atoms with Crippen molar-refractivity contribution in [1.29, 1.82) is 0 Å². The smallest absolute Gasteiger partial charge is 0.306 e. The molecule has 0 radical (unpaired) electrons. The third-order valence-electron chi connectivity index (χ3n) is 3.54. The summed E-state index contributed by atoms with van der Waals surface area (Å²) in [4.78, 5) is 12.5. The van der Waals surface area contributed by atoms with Crippen molar-refractivity contribution in [3.8, 4) is 0 Å². The number of likely N-dealkylation sites (N-methyl/N-ethyl adjacent to an activating group) is 1. The minimum Gasteiger partial charge on any atom is -0.481 e. The second kappa shape index (κ2) is 6.68. The molecule has 0 fully saturated rings. The maximum atomic E-state index is 10.5. The number of aliphatic hydroxyl groups excluding tert-OH is 1. The molecule has 0 aliphatic rings. The van der Waals surface area contributed by atoms with Crippen LogP contribution in [-0.4, -0.2) is 40.8 Å². The first-order valence-electron chi connectivity index (χ1n) is 6.45. The number of carboxylic acids is 1. The van der Waals surface area contributed by atoms with Crippen LogP contribution < -0.4 is 0 Å². The normalized spacial score (nSPS) is 12.7. The molecule has 19 heavy (non-hydrogen) atoms. The van der Waals surface area contributed by atoms with Crippen molar-refractivity contribution in [2.45, 2.75) is 39.8 Å². The fourth-order valence-corrected chi connectivity index (χ4v) is 2.16. The first-order chi connectivity index (χ1) is 8.81. The molecule has 0 aromatic heterocycles. The lowest BCUT2D eigenvalue weighted by atomic mass is 9.98. The van der Waals surface area contributed by atoms with Crippen molar-refractivity contribution in [1.82, 2.24) is 4.90 Å². The zero-order valence-corrected chi connectivity index (χ0v) is 12.1. The van der Waals surface area contributed by atoms with Gasteiger partial charge in [-0.25, -0.2) is 0 Å². The topological polar surface area (TPSA) is 60.8 Å². The summed E-state index contributed by atoms with van der Waals surface area (Å²) in [6, 6.07) is 4.19. The summed E-state index contributed by atoms with van der Waals surface area (Å²) >= 11 is 0. The molecule has 0 saturated heterocycles. The number of benzene rings is 1. The van der Waals surface area contributed by atoms with E-state index in [0.29, 0.717) is 13.1 Å². The van der Waals surface area contributed by atoms with E-state index in [0.717, 1.165) is 0 Å². The molecule has 1 aromatic rings. The third kappa shape index (κ3) is 4.65. The van der Waals surface area contributed by atoms with E-state index in [1.165, 1.54) is 22.3 Å². The third-order valence-corrected chi connectivity index (χ3v) is 3.54. The Kier molecular flexibility index (Phi) is 5.51. The molecule has 0 aliphatic heterocycles. The minimum absolute atomic E-state index is 0.212. The average molecular weight is 265 g/mol. The van der Waals surface area contributed by atoms with Crippen molar-refractivity contribution in [2.24, 2.45) is 0 Å². The molecular weight excluding hydrogens is 242 g/mol. The highest BCUT2D eigenvalue weighted by atomic mass is 16.4. The predicted octanol–water partition coefficient (Wildman–Crippen LogP) is 1.88. The quantitative estimate of drug-likeness (QED) is 0.824. The second-order valence-corrected chi connectivity index (χ2v) is 5.24. The van der Waals surface area contributed by atoms with E-state index in [-0.39, 0.29) is 6.42 Å². The van der Waals surface area contributed by atoms with E-state index in [2.05, 4.69) is 32.9 Å². The molecule has 106 valence electrons. The molecule has 0 bridgehead atoms. The number of carbonyl (C=O) groups is 1. The first kappa shape index (κ1) is 15.7. The Labute approximate surface area is 114 Å². The van der Waals surface area contributed by atoms with Crippen LogP contribution in [0.15, 0.2) is 12.1 Å². The highest BCUT2D eigenvalue weighted by molar-refractivity contribution is 5.67. The predicted molar refractivity (Wildman–Crippen MR) is 75.2 cm³/mol. The number of rotatable bonds is 6. The largest absolute Gasteiger partial charge is 0.481 e. The van der Waals surface area contributed by atoms with Gasteiger partial charge in [0.05, 0.1) is 12.5 Å². The molecular formula is C15H23NO3. The highest BCUT2D eigenvalue weighted by Gasteiger charge is 2.13. The van der Waals surface area contributed by atoms with Gasteiger partial charge in [-0.1, -0.05) is 12.1 Å². The molecule has 1 rings (SSSR count). The van der Waals surface area contributed by atoms with E-state index < -0.39 is 12.1 Å². The molecule has 0 spiro atoms. The number of hydrogen-bond donors (Lipinski definition) is 2. The number of aliphatic carboxylic acids is 1. The summed E-state index contributed by atoms with van der Waals surface area (Å²) in [5.41, 5.74) is 5.04. The Morgan fingerprint density at radius 3 is 2.47 bits per heavy atom. The zero-order valence-electron chi connectivity index (χ0n) is 12.1. The van der Waals surface area contributed by atoms with E-state index >= 15 is 0 Å². The van der Waals surface area contributed by atoms with Crippen LogP contribution >= 0.6 is 0 Å². The maximum Gasteiger partial charge on any atom is 0.306 e. The van der Waals surface area contributed by atoms with E-state index in [4.69, 9.17) is 5.11 Å². The van der Waals surface area contributed by atoms with Gasteiger partial charge in [0, 0.05) is 13.1 Å². The molecule has 0 saturated carbocycles. The van der Waals surface area contributed by atoms with Crippen LogP contribution in [0.4, 0.5) is 0 Å². The molecule has 0 aliphatic carbocycles. The summed E-state index contributed by atoms with van der Waals surface area (Å²) < 4.78 is 0. The summed E-state index contributed by atoms with van der Waals surface area (Å²) in [6.45, 7) is 7.36. The molecule has 2 N–H and O–H groups in total. The second-order valence-electron chi connectivity index (χ2n) is 5.24. The lowest BCUT2D eigenvalue weighted by molar-refractivity contribution is -0.139. The summed E-state index contributed by atoms with van der Waals surface area (Å²) in [5.74, 6) is -0.969. The monoisotopic (exact) mass is 265 g/mol. The van der Waals surface area contributed by atoms with E-state index in [1.807, 2.05) is 11.9 Å². The lowest BCUT2D eigenvalue weighted by Gasteiger charge is -2.21. The van der Waals surface area contributed by atoms with Crippen molar-refractivity contribution in [2.75, 3.05) is 13.6 Å². The van der Waals surface area contributed by atoms with Gasteiger partial charge in [-0.3, -0.25) is 9.69 Å². The van der Waals surface area contributed by atoms with Crippen LogP contribution in [0.2, 0.25) is 0 Å². The van der Waals surface area contributed by atoms with Crippen LogP contribution in [0.5, 0.6) is 0 Å². The molecule has 1 unspecified atom stereocenters. The molecule has 0 heterocycles. The Bertz CT molecular complexity index is 457. The number of hydrogen-bond acceptors (Lipinski definition) is 3. The van der Waals surface area contributed by atoms with Crippen molar-refractivity contribution in [3.63, 3.8) is 0 Å². The van der Waals surface area contributed by atoms with Crippen LogP contribution in [-0.2, 0) is 11.3 Å². The molecule has 4 nitrogen and oxygen atoms in total. The van der Waals surface area contributed by atoms with Gasteiger partial charge in [0.1, 0.15) is 0 Å². The fourth-order valence-electron chi connectivity index (χ4n) is 2.16. The van der Waals surface area contributed by atoms with Gasteiger partial charge < -0.3 is 10.2 Å². The fraction of sp³-hybridized carbons (Fsp3) is 0.533. The minimum atomic E-state index is -0.969. The van der Waals surface area contributed by atoms with Crippen molar-refractivity contribution >= 4 is 5.97 Å². The molecule has 1 atom stereocenters. The average Bonchev–Trinajstić information content (AvgIpc) is 2.28. The highest BCUT2D eigenvalue weighted by Crippen LogP contribution is 2.18. The lowest BCUT2D eigenvalue weighted by Crippen LogP contribution is -2.30. The van der Waals surface area contributed by atoms with Gasteiger partial charge in [-0.2, -0.15) is 0 Å². The number of aliphatic hydroxyl groups is 1. The van der Waals surface area contributed by atoms with Gasteiger partial charge in [0.2, 0.25) is 0 Å². The van der Waals surface area contributed by atoms with Crippen LogP contribution in [0.25, 0.3) is 0 Å². The van der Waals surface area contributed by atoms with Crippen molar-refractivity contribution < 1.29 is 15.0 Å². The van der Waals surface area contributed by atoms with E-state index in [1.54, 1.807) is 0 Å². The van der Waals surface area contributed by atoms with Gasteiger partial charge in [-0.05, 0) is 50.1 Å². The summed E-state index contributed by atoms with van der Waals surface area (Å²) in [6.07, 6.45) is -1.04. The number of nitrogens with zero attached hydrogens (tertiary/aromatic N) is 1. The summed E-state index contributed by atoms with van der Waals surface area (Å²) in [5, 5.41) is 18.2. The SMILES string of the molecule is Cc1ccc(CN(C)CC(O)CC(=O)O)c(C)c1C. The standard InChI is InChI=1S/C15H23NO3/c1-10-5-6-13(12(3)11(10)2)8-16(4)9-14(17)7-15(18)19/h5-6,14,17H,7-9H2,1-4H3,(H,18,19). The summed E-state index contributed by atoms with van der Waals surface area (Å²) in [7, 11) is 1.89. The molecule has 1 aromatic carbocycles. The first-order valence-corrected chi connectivity index (χ1v) is 6.45. The van der Waals surface area contributed by atoms with Crippen LogP contribution in [0.3, 0.4) is 0 Å². The zero-order chi connectivity index (χ0) is 14.6. The Balaban J connectivity index is 2.64. The Morgan fingerprint density at radius 1 is 1.26 bits per heavy atom. The maximum absolute atomic E-state index is 10.5. The number of aryl methyl sites for hydroxylation is 1. The molecule has 0 amide bonds. The van der Waals surface area contributed by atoms with Gasteiger partial charge in [0.15, 0.2) is 0 Å². The van der Waals surface area contributed by atoms with Crippen LogP contribution in [0, 0.1) is 20.8 Å².